The summed E-state index contributed by atoms with van der Waals surface area (Å²) >= 11 is 0. The van der Waals surface area contributed by atoms with Crippen molar-refractivity contribution in [1.82, 2.24) is 9.78 Å². The summed E-state index contributed by atoms with van der Waals surface area (Å²) in [5.41, 5.74) is 10.1. The lowest BCUT2D eigenvalue weighted by Crippen LogP contribution is -2.05. The summed E-state index contributed by atoms with van der Waals surface area (Å²) in [6, 6.07) is 8.09. The molecule has 4 heteroatoms. The first-order valence-corrected chi connectivity index (χ1v) is 6.52. The van der Waals surface area contributed by atoms with Gasteiger partial charge in [0.1, 0.15) is 5.75 Å². The molecule has 0 spiro atoms. The van der Waals surface area contributed by atoms with E-state index in [1.54, 1.807) is 0 Å². The van der Waals surface area contributed by atoms with Gasteiger partial charge in [-0.2, -0.15) is 5.10 Å². The normalized spacial score (nSPS) is 11.1. The summed E-state index contributed by atoms with van der Waals surface area (Å²) in [5.74, 6) is 0.884. The van der Waals surface area contributed by atoms with Gasteiger partial charge < -0.3 is 10.5 Å². The molecule has 102 valence electrons. The lowest BCUT2D eigenvalue weighted by Gasteiger charge is -2.10. The van der Waals surface area contributed by atoms with E-state index in [0.29, 0.717) is 6.54 Å². The standard InChI is InChI=1S/C15H21N3O/c1-10(2)19-13-7-5-12(6-8-13)15-11(3)18(4)17-14(15)9-16/h5-8,10H,9,16H2,1-4H3. The smallest absolute Gasteiger partial charge is 0.119 e. The maximum atomic E-state index is 5.77. The fourth-order valence-electron chi connectivity index (χ4n) is 2.17. The molecule has 0 fully saturated rings. The van der Waals surface area contributed by atoms with Crippen molar-refractivity contribution in [2.24, 2.45) is 12.8 Å². The zero-order valence-electron chi connectivity index (χ0n) is 12.0. The Kier molecular flexibility index (Phi) is 3.90. The number of hydrogen-bond donors (Lipinski definition) is 1. The van der Waals surface area contributed by atoms with Crippen LogP contribution < -0.4 is 10.5 Å². The van der Waals surface area contributed by atoms with Crippen molar-refractivity contribution in [3.8, 4) is 16.9 Å². The molecule has 0 saturated carbocycles. The molecule has 19 heavy (non-hydrogen) atoms. The highest BCUT2D eigenvalue weighted by atomic mass is 16.5. The summed E-state index contributed by atoms with van der Waals surface area (Å²) in [5, 5.41) is 4.44. The lowest BCUT2D eigenvalue weighted by molar-refractivity contribution is 0.242. The molecule has 0 radical (unpaired) electrons. The van der Waals surface area contributed by atoms with Crippen LogP contribution in [0.2, 0.25) is 0 Å². The van der Waals surface area contributed by atoms with Crippen molar-refractivity contribution in [2.45, 2.75) is 33.4 Å². The number of rotatable bonds is 4. The van der Waals surface area contributed by atoms with Crippen molar-refractivity contribution in [2.75, 3.05) is 0 Å². The molecule has 2 N–H and O–H groups in total. The Morgan fingerprint density at radius 3 is 2.42 bits per heavy atom. The molecular weight excluding hydrogens is 238 g/mol. The first-order chi connectivity index (χ1) is 9.02. The maximum Gasteiger partial charge on any atom is 0.119 e. The van der Waals surface area contributed by atoms with Gasteiger partial charge in [0.05, 0.1) is 11.8 Å². The fourth-order valence-corrected chi connectivity index (χ4v) is 2.17. The Balaban J connectivity index is 2.37. The monoisotopic (exact) mass is 259 g/mol. The van der Waals surface area contributed by atoms with Gasteiger partial charge in [-0.1, -0.05) is 12.1 Å². The maximum absolute atomic E-state index is 5.77. The molecule has 0 aliphatic rings. The lowest BCUT2D eigenvalue weighted by atomic mass is 10.0. The van der Waals surface area contributed by atoms with Gasteiger partial charge in [0, 0.05) is 24.8 Å². The third kappa shape index (κ3) is 2.79. The highest BCUT2D eigenvalue weighted by molar-refractivity contribution is 5.69. The Morgan fingerprint density at radius 2 is 1.89 bits per heavy atom. The minimum absolute atomic E-state index is 0.186. The Bertz CT molecular complexity index is 556. The number of aryl methyl sites for hydroxylation is 1. The van der Waals surface area contributed by atoms with Gasteiger partial charge in [-0.05, 0) is 38.5 Å². The van der Waals surface area contributed by atoms with Crippen LogP contribution in [-0.2, 0) is 13.6 Å². The molecule has 0 amide bonds. The quantitative estimate of drug-likeness (QED) is 0.918. The summed E-state index contributed by atoms with van der Waals surface area (Å²) in [7, 11) is 1.94. The fraction of sp³-hybridized carbons (Fsp3) is 0.400. The van der Waals surface area contributed by atoms with Crippen molar-refractivity contribution in [3.63, 3.8) is 0 Å². The summed E-state index contributed by atoms with van der Waals surface area (Å²) in [6.07, 6.45) is 0.186. The first-order valence-electron chi connectivity index (χ1n) is 6.52. The molecule has 0 saturated heterocycles. The molecule has 1 aromatic heterocycles. The van der Waals surface area contributed by atoms with Crippen molar-refractivity contribution in [1.29, 1.82) is 0 Å². The van der Waals surface area contributed by atoms with Crippen LogP contribution in [0.3, 0.4) is 0 Å². The predicted octanol–water partition coefficient (Wildman–Crippen LogP) is 2.64. The molecular formula is C15H21N3O. The van der Waals surface area contributed by atoms with Gasteiger partial charge >= 0.3 is 0 Å². The largest absolute Gasteiger partial charge is 0.491 e. The Morgan fingerprint density at radius 1 is 1.26 bits per heavy atom. The third-order valence-electron chi connectivity index (χ3n) is 3.11. The van der Waals surface area contributed by atoms with Gasteiger partial charge in [-0.3, -0.25) is 4.68 Å². The van der Waals surface area contributed by atoms with Crippen LogP contribution in [0, 0.1) is 6.92 Å². The number of benzene rings is 1. The molecule has 0 bridgehead atoms. The van der Waals surface area contributed by atoms with E-state index in [1.807, 2.05) is 37.7 Å². The Hall–Kier alpha value is -1.81. The summed E-state index contributed by atoms with van der Waals surface area (Å²) < 4.78 is 7.52. The van der Waals surface area contributed by atoms with Crippen molar-refractivity contribution in [3.05, 3.63) is 35.7 Å². The summed E-state index contributed by atoms with van der Waals surface area (Å²) in [4.78, 5) is 0. The second-order valence-electron chi connectivity index (χ2n) is 4.93. The van der Waals surface area contributed by atoms with Crippen molar-refractivity contribution >= 4 is 0 Å². The number of nitrogens with two attached hydrogens (primary N) is 1. The topological polar surface area (TPSA) is 53.1 Å². The van der Waals surface area contributed by atoms with E-state index in [2.05, 4.69) is 24.2 Å². The molecule has 0 aliphatic carbocycles. The average molecular weight is 259 g/mol. The van der Waals surface area contributed by atoms with Crippen molar-refractivity contribution < 1.29 is 4.74 Å². The molecule has 0 atom stereocenters. The van der Waals surface area contributed by atoms with Crippen LogP contribution in [0.1, 0.15) is 25.2 Å². The van der Waals surface area contributed by atoms with Gasteiger partial charge in [-0.15, -0.1) is 0 Å². The zero-order valence-corrected chi connectivity index (χ0v) is 12.0. The molecule has 0 unspecified atom stereocenters. The van der Waals surface area contributed by atoms with Crippen LogP contribution in [-0.4, -0.2) is 15.9 Å². The van der Waals surface area contributed by atoms with E-state index in [4.69, 9.17) is 10.5 Å². The highest BCUT2D eigenvalue weighted by Crippen LogP contribution is 2.28. The number of hydrogen-bond acceptors (Lipinski definition) is 3. The van der Waals surface area contributed by atoms with Gasteiger partial charge in [0.25, 0.3) is 0 Å². The second kappa shape index (κ2) is 5.45. The van der Waals surface area contributed by atoms with E-state index >= 15 is 0 Å². The number of ether oxygens (including phenoxy) is 1. The van der Waals surface area contributed by atoms with E-state index in [-0.39, 0.29) is 6.10 Å². The molecule has 4 nitrogen and oxygen atoms in total. The minimum atomic E-state index is 0.186. The van der Waals surface area contributed by atoms with E-state index in [9.17, 15) is 0 Å². The zero-order chi connectivity index (χ0) is 14.0. The van der Waals surface area contributed by atoms with E-state index in [0.717, 1.165) is 28.3 Å². The van der Waals surface area contributed by atoms with E-state index < -0.39 is 0 Å². The second-order valence-corrected chi connectivity index (χ2v) is 4.93. The minimum Gasteiger partial charge on any atom is -0.491 e. The SMILES string of the molecule is Cc1c(-c2ccc(OC(C)C)cc2)c(CN)nn1C. The molecule has 2 rings (SSSR count). The molecule has 0 aliphatic heterocycles. The molecule has 1 heterocycles. The number of aromatic nitrogens is 2. The van der Waals surface area contributed by atoms with Gasteiger partial charge in [0.15, 0.2) is 0 Å². The molecule has 2 aromatic rings. The van der Waals surface area contributed by atoms with E-state index in [1.165, 1.54) is 0 Å². The number of nitrogens with zero attached hydrogens (tertiary/aromatic N) is 2. The first kappa shape index (κ1) is 13.6. The summed E-state index contributed by atoms with van der Waals surface area (Å²) in [6.45, 7) is 6.54. The van der Waals surface area contributed by atoms with Crippen LogP contribution in [0.25, 0.3) is 11.1 Å². The average Bonchev–Trinajstić information content (AvgIpc) is 2.66. The van der Waals surface area contributed by atoms with Crippen LogP contribution in [0.5, 0.6) is 5.75 Å². The highest BCUT2D eigenvalue weighted by Gasteiger charge is 2.13. The van der Waals surface area contributed by atoms with Crippen LogP contribution in [0.4, 0.5) is 0 Å². The predicted molar refractivity (Wildman–Crippen MR) is 77.0 cm³/mol. The van der Waals surface area contributed by atoms with Crippen LogP contribution >= 0.6 is 0 Å². The van der Waals surface area contributed by atoms with Gasteiger partial charge in [0.2, 0.25) is 0 Å². The third-order valence-corrected chi connectivity index (χ3v) is 3.11. The Labute approximate surface area is 114 Å². The molecule has 1 aromatic carbocycles. The van der Waals surface area contributed by atoms with Gasteiger partial charge in [-0.25, -0.2) is 0 Å². The van der Waals surface area contributed by atoms with Crippen LogP contribution in [0.15, 0.2) is 24.3 Å².